The normalized spacial score (nSPS) is 10.8. The highest BCUT2D eigenvalue weighted by Gasteiger charge is 2.33. The van der Waals surface area contributed by atoms with Gasteiger partial charge >= 0.3 is 16.8 Å². The van der Waals surface area contributed by atoms with Crippen LogP contribution in [0.15, 0.2) is 27.5 Å². The van der Waals surface area contributed by atoms with E-state index >= 15 is 0 Å². The summed E-state index contributed by atoms with van der Waals surface area (Å²) < 4.78 is 11.7. The molecule has 0 aliphatic heterocycles. The fourth-order valence-corrected chi connectivity index (χ4v) is 3.24. The summed E-state index contributed by atoms with van der Waals surface area (Å²) >= 11 is 4.24. The number of carbonyl (C=O) groups excluding carboxylic acids is 2. The number of halogens is 1. The lowest BCUT2D eigenvalue weighted by Crippen LogP contribution is -2.34. The van der Waals surface area contributed by atoms with Gasteiger partial charge in [0.1, 0.15) is 0 Å². The lowest BCUT2D eigenvalue weighted by Gasteiger charge is -2.14. The maximum Gasteiger partial charge on any atom is 0.340 e. The predicted molar refractivity (Wildman–Crippen MR) is 76.9 cm³/mol. The van der Waals surface area contributed by atoms with Crippen molar-refractivity contribution in [2.75, 3.05) is 14.2 Å². The SMILES string of the molecule is COC(=O)C(C(=O)OC)n1c(=O)sc2cc(Br)ccc21. The summed E-state index contributed by atoms with van der Waals surface area (Å²) in [6.45, 7) is 0. The van der Waals surface area contributed by atoms with Gasteiger partial charge in [-0.05, 0) is 18.2 Å². The van der Waals surface area contributed by atoms with Gasteiger partial charge in [-0.2, -0.15) is 0 Å². The van der Waals surface area contributed by atoms with Crippen LogP contribution in [0.1, 0.15) is 6.04 Å². The summed E-state index contributed by atoms with van der Waals surface area (Å²) in [5.41, 5.74) is 0.476. The van der Waals surface area contributed by atoms with E-state index in [1.807, 2.05) is 0 Å². The van der Waals surface area contributed by atoms with Crippen LogP contribution in [0.3, 0.4) is 0 Å². The van der Waals surface area contributed by atoms with E-state index < -0.39 is 22.9 Å². The van der Waals surface area contributed by atoms with Crippen LogP contribution in [0.2, 0.25) is 0 Å². The maximum absolute atomic E-state index is 12.1. The molecule has 0 saturated heterocycles. The molecule has 1 aromatic heterocycles. The number of aromatic nitrogens is 1. The Kier molecular flexibility index (Phi) is 4.24. The van der Waals surface area contributed by atoms with E-state index in [0.29, 0.717) is 10.2 Å². The van der Waals surface area contributed by atoms with Gasteiger partial charge in [-0.3, -0.25) is 9.36 Å². The van der Waals surface area contributed by atoms with Gasteiger partial charge in [-0.25, -0.2) is 9.59 Å². The molecule has 20 heavy (non-hydrogen) atoms. The second-order valence-electron chi connectivity index (χ2n) is 3.80. The number of hydrogen-bond donors (Lipinski definition) is 0. The molecule has 0 atom stereocenters. The maximum atomic E-state index is 12.1. The van der Waals surface area contributed by atoms with E-state index in [1.165, 1.54) is 0 Å². The Bertz CT molecular complexity index is 719. The molecule has 1 heterocycles. The molecule has 1 aromatic carbocycles. The highest BCUT2D eigenvalue weighted by Crippen LogP contribution is 2.25. The molecular formula is C12H10BrNO5S. The zero-order valence-corrected chi connectivity index (χ0v) is 13.0. The average molecular weight is 360 g/mol. The molecule has 2 rings (SSSR count). The predicted octanol–water partition coefficient (Wildman–Crippen LogP) is 1.71. The van der Waals surface area contributed by atoms with Gasteiger partial charge in [0.2, 0.25) is 6.04 Å². The Morgan fingerprint density at radius 3 is 2.40 bits per heavy atom. The molecule has 0 saturated carbocycles. The van der Waals surface area contributed by atoms with Crippen LogP contribution >= 0.6 is 27.3 Å². The number of esters is 2. The molecule has 106 valence electrons. The van der Waals surface area contributed by atoms with Crippen LogP contribution in [-0.2, 0) is 19.1 Å². The van der Waals surface area contributed by atoms with E-state index in [4.69, 9.17) is 0 Å². The number of rotatable bonds is 3. The fraction of sp³-hybridized carbons (Fsp3) is 0.250. The van der Waals surface area contributed by atoms with E-state index in [0.717, 1.165) is 34.6 Å². The third-order valence-corrected chi connectivity index (χ3v) is 4.09. The first-order chi connectivity index (χ1) is 9.49. The summed E-state index contributed by atoms with van der Waals surface area (Å²) in [6, 6.07) is 3.67. The van der Waals surface area contributed by atoms with Crippen molar-refractivity contribution < 1.29 is 19.1 Å². The van der Waals surface area contributed by atoms with Crippen molar-refractivity contribution in [1.82, 2.24) is 4.57 Å². The standard InChI is InChI=1S/C12H10BrNO5S/c1-18-10(15)9(11(16)19-2)14-7-4-3-6(13)5-8(7)20-12(14)17/h3-5,9H,1-2H3. The zero-order valence-electron chi connectivity index (χ0n) is 10.6. The Morgan fingerprint density at radius 1 is 1.25 bits per heavy atom. The molecule has 0 amide bonds. The monoisotopic (exact) mass is 359 g/mol. The molecule has 0 radical (unpaired) electrons. The molecule has 8 heteroatoms. The molecule has 0 unspecified atom stereocenters. The zero-order chi connectivity index (χ0) is 14.9. The van der Waals surface area contributed by atoms with E-state index in [2.05, 4.69) is 25.4 Å². The highest BCUT2D eigenvalue weighted by atomic mass is 79.9. The number of benzene rings is 1. The van der Waals surface area contributed by atoms with Gasteiger partial charge < -0.3 is 9.47 Å². The molecule has 6 nitrogen and oxygen atoms in total. The number of carbonyl (C=O) groups is 2. The van der Waals surface area contributed by atoms with Crippen molar-refractivity contribution in [2.24, 2.45) is 0 Å². The number of fused-ring (bicyclic) bond motifs is 1. The Labute approximate surface area is 126 Å². The van der Waals surface area contributed by atoms with Crippen molar-refractivity contribution in [2.45, 2.75) is 6.04 Å². The van der Waals surface area contributed by atoms with Crippen LogP contribution in [0.25, 0.3) is 10.2 Å². The molecule has 0 fully saturated rings. The fourth-order valence-electron chi connectivity index (χ4n) is 1.79. The van der Waals surface area contributed by atoms with Gasteiger partial charge in [0.15, 0.2) is 0 Å². The minimum Gasteiger partial charge on any atom is -0.467 e. The number of thiazole rings is 1. The minimum atomic E-state index is -1.44. The summed E-state index contributed by atoms with van der Waals surface area (Å²) in [4.78, 5) is 35.2. The van der Waals surface area contributed by atoms with Crippen molar-refractivity contribution in [3.05, 3.63) is 32.3 Å². The number of ether oxygens (including phenoxy) is 2. The smallest absolute Gasteiger partial charge is 0.340 e. The molecule has 0 aliphatic rings. The molecule has 0 N–H and O–H groups in total. The summed E-state index contributed by atoms with van der Waals surface area (Å²) in [5, 5.41) is 0. The van der Waals surface area contributed by atoms with Gasteiger partial charge in [-0.15, -0.1) is 0 Å². The van der Waals surface area contributed by atoms with Crippen molar-refractivity contribution >= 4 is 49.4 Å². The molecule has 0 bridgehead atoms. The first-order valence-electron chi connectivity index (χ1n) is 5.46. The first kappa shape index (κ1) is 14.7. The van der Waals surface area contributed by atoms with E-state index in [-0.39, 0.29) is 0 Å². The second kappa shape index (κ2) is 5.76. The largest absolute Gasteiger partial charge is 0.467 e. The van der Waals surface area contributed by atoms with Gasteiger partial charge in [-0.1, -0.05) is 27.3 Å². The Hall–Kier alpha value is -1.67. The van der Waals surface area contributed by atoms with Crippen LogP contribution < -0.4 is 4.87 Å². The van der Waals surface area contributed by atoms with Crippen LogP contribution in [0, 0.1) is 0 Å². The molecule has 2 aromatic rings. The quantitative estimate of drug-likeness (QED) is 0.616. The third-order valence-electron chi connectivity index (χ3n) is 2.68. The van der Waals surface area contributed by atoms with Crippen molar-refractivity contribution in [3.8, 4) is 0 Å². The number of methoxy groups -OCH3 is 2. The lowest BCUT2D eigenvalue weighted by molar-refractivity contribution is -0.157. The van der Waals surface area contributed by atoms with Gasteiger partial charge in [0.05, 0.1) is 24.4 Å². The van der Waals surface area contributed by atoms with Crippen molar-refractivity contribution in [1.29, 1.82) is 0 Å². The highest BCUT2D eigenvalue weighted by molar-refractivity contribution is 9.10. The van der Waals surface area contributed by atoms with E-state index in [1.54, 1.807) is 18.2 Å². The topological polar surface area (TPSA) is 74.6 Å². The molecule has 0 aliphatic carbocycles. The summed E-state index contributed by atoms with van der Waals surface area (Å²) in [6.07, 6.45) is 0. The number of hydrogen-bond acceptors (Lipinski definition) is 6. The lowest BCUT2D eigenvalue weighted by atomic mass is 10.2. The van der Waals surface area contributed by atoms with Crippen LogP contribution in [0.5, 0.6) is 0 Å². The van der Waals surface area contributed by atoms with Crippen LogP contribution in [-0.4, -0.2) is 30.7 Å². The van der Waals surface area contributed by atoms with Gasteiger partial charge in [0.25, 0.3) is 0 Å². The first-order valence-corrected chi connectivity index (χ1v) is 7.06. The van der Waals surface area contributed by atoms with Gasteiger partial charge in [0, 0.05) is 4.47 Å². The second-order valence-corrected chi connectivity index (χ2v) is 5.71. The molecule has 0 spiro atoms. The Balaban J connectivity index is 2.70. The average Bonchev–Trinajstić information content (AvgIpc) is 2.74. The summed E-state index contributed by atoms with van der Waals surface area (Å²) in [5.74, 6) is -1.69. The minimum absolute atomic E-state index is 0.432. The third kappa shape index (κ3) is 2.48. The Morgan fingerprint density at radius 2 is 1.85 bits per heavy atom. The van der Waals surface area contributed by atoms with E-state index in [9.17, 15) is 14.4 Å². The molecular weight excluding hydrogens is 350 g/mol. The van der Waals surface area contributed by atoms with Crippen molar-refractivity contribution in [3.63, 3.8) is 0 Å². The number of nitrogens with zero attached hydrogens (tertiary/aromatic N) is 1. The van der Waals surface area contributed by atoms with Crippen LogP contribution in [0.4, 0.5) is 0 Å². The summed E-state index contributed by atoms with van der Waals surface area (Å²) in [7, 11) is 2.29.